The summed E-state index contributed by atoms with van der Waals surface area (Å²) >= 11 is 0. The van der Waals surface area contributed by atoms with Crippen LogP contribution in [0.1, 0.15) is 43.4 Å². The molecule has 3 aromatic carbocycles. The van der Waals surface area contributed by atoms with Gasteiger partial charge >= 0.3 is 6.18 Å². The number of hydrogen-bond acceptors (Lipinski definition) is 3. The van der Waals surface area contributed by atoms with E-state index in [0.29, 0.717) is 29.0 Å². The molecule has 1 aliphatic heterocycles. The van der Waals surface area contributed by atoms with Crippen molar-refractivity contribution in [2.24, 2.45) is 0 Å². The normalized spacial score (nSPS) is 15.8. The lowest BCUT2D eigenvalue weighted by atomic mass is 9.74. The molecule has 0 unspecified atom stereocenters. The van der Waals surface area contributed by atoms with Gasteiger partial charge in [0.1, 0.15) is 5.75 Å². The van der Waals surface area contributed by atoms with Gasteiger partial charge in [0.15, 0.2) is 0 Å². The predicted molar refractivity (Wildman–Crippen MR) is 133 cm³/mol. The summed E-state index contributed by atoms with van der Waals surface area (Å²) < 4.78 is 52.9. The van der Waals surface area contributed by atoms with E-state index in [1.54, 1.807) is 30.3 Å². The van der Waals surface area contributed by atoms with Crippen molar-refractivity contribution in [3.05, 3.63) is 89.5 Å². The van der Waals surface area contributed by atoms with Crippen LogP contribution in [-0.4, -0.2) is 25.8 Å². The second kappa shape index (κ2) is 10.8. The Balaban J connectivity index is 1.55. The molecular weight excluding hydrogens is 451 g/mol. The van der Waals surface area contributed by atoms with Gasteiger partial charge < -0.3 is 14.8 Å². The maximum Gasteiger partial charge on any atom is 0.416 e. The van der Waals surface area contributed by atoms with Crippen molar-refractivity contribution in [2.45, 2.75) is 51.0 Å². The minimum Gasteiger partial charge on any atom is -0.491 e. The molecule has 35 heavy (non-hydrogen) atoms. The van der Waals surface area contributed by atoms with Crippen molar-refractivity contribution < 1.29 is 22.6 Å². The van der Waals surface area contributed by atoms with Gasteiger partial charge in [-0.15, -0.1) is 0 Å². The van der Waals surface area contributed by atoms with Crippen LogP contribution in [-0.2, 0) is 22.9 Å². The summed E-state index contributed by atoms with van der Waals surface area (Å²) in [5, 5.41) is 3.39. The largest absolute Gasteiger partial charge is 0.491 e. The number of nitrogens with one attached hydrogen (secondary N) is 1. The molecule has 1 fully saturated rings. The average Bonchev–Trinajstić information content (AvgIpc) is 2.85. The second-order valence-corrected chi connectivity index (χ2v) is 9.50. The summed E-state index contributed by atoms with van der Waals surface area (Å²) in [7, 11) is 0. The highest BCUT2D eigenvalue weighted by molar-refractivity contribution is 5.66. The second-order valence-electron chi connectivity index (χ2n) is 9.50. The molecule has 1 saturated heterocycles. The zero-order valence-electron chi connectivity index (χ0n) is 20.2. The fourth-order valence-corrected chi connectivity index (χ4v) is 4.68. The molecule has 0 aliphatic carbocycles. The third kappa shape index (κ3) is 6.44. The number of hydrogen-bond donors (Lipinski definition) is 1. The molecule has 0 aromatic heterocycles. The molecule has 0 spiro atoms. The van der Waals surface area contributed by atoms with E-state index in [1.807, 2.05) is 32.0 Å². The molecule has 0 atom stereocenters. The van der Waals surface area contributed by atoms with Crippen LogP contribution in [0.2, 0.25) is 0 Å². The summed E-state index contributed by atoms with van der Waals surface area (Å²) in [5.41, 5.74) is 2.13. The van der Waals surface area contributed by atoms with E-state index < -0.39 is 11.7 Å². The van der Waals surface area contributed by atoms with Crippen LogP contribution in [0.4, 0.5) is 13.2 Å². The number of ether oxygens (including phenoxy) is 2. The van der Waals surface area contributed by atoms with Crippen molar-refractivity contribution in [1.29, 1.82) is 0 Å². The van der Waals surface area contributed by atoms with Gasteiger partial charge in [-0.2, -0.15) is 13.2 Å². The highest BCUT2D eigenvalue weighted by atomic mass is 19.4. The summed E-state index contributed by atoms with van der Waals surface area (Å²) in [6.45, 7) is 6.22. The van der Waals surface area contributed by atoms with E-state index in [9.17, 15) is 13.2 Å². The van der Waals surface area contributed by atoms with E-state index in [4.69, 9.17) is 9.47 Å². The number of halogens is 3. The van der Waals surface area contributed by atoms with E-state index in [-0.39, 0.29) is 18.1 Å². The Hall–Kier alpha value is -2.83. The Morgan fingerprint density at radius 1 is 0.886 bits per heavy atom. The topological polar surface area (TPSA) is 30.5 Å². The van der Waals surface area contributed by atoms with E-state index in [0.717, 1.165) is 25.9 Å². The fraction of sp³-hybridized carbons (Fsp3) is 0.379. The van der Waals surface area contributed by atoms with Gasteiger partial charge in [0.25, 0.3) is 0 Å². The Bertz CT molecular complexity index is 1090. The van der Waals surface area contributed by atoms with Crippen LogP contribution in [0.15, 0.2) is 72.8 Å². The van der Waals surface area contributed by atoms with Crippen LogP contribution < -0.4 is 10.1 Å². The molecule has 0 bridgehead atoms. The summed E-state index contributed by atoms with van der Waals surface area (Å²) in [6.07, 6.45) is -2.56. The lowest BCUT2D eigenvalue weighted by Crippen LogP contribution is -2.43. The van der Waals surface area contributed by atoms with E-state index >= 15 is 0 Å². The number of alkyl halides is 3. The number of piperidine rings is 1. The first kappa shape index (κ1) is 25.3. The third-order valence-corrected chi connectivity index (χ3v) is 6.47. The number of rotatable bonds is 8. The summed E-state index contributed by atoms with van der Waals surface area (Å²) in [5.74, 6) is 0.687. The van der Waals surface area contributed by atoms with Crippen molar-refractivity contribution in [3.8, 4) is 16.9 Å². The fourth-order valence-electron chi connectivity index (χ4n) is 4.68. The van der Waals surface area contributed by atoms with E-state index in [2.05, 4.69) is 17.4 Å². The Morgan fingerprint density at radius 3 is 2.20 bits per heavy atom. The predicted octanol–water partition coefficient (Wildman–Crippen LogP) is 7.00. The van der Waals surface area contributed by atoms with Crippen molar-refractivity contribution in [3.63, 3.8) is 0 Å². The minimum atomic E-state index is -4.44. The van der Waals surface area contributed by atoms with Gasteiger partial charge in [-0.25, -0.2) is 0 Å². The van der Waals surface area contributed by atoms with Gasteiger partial charge in [-0.05, 0) is 92.4 Å². The molecule has 0 amide bonds. The van der Waals surface area contributed by atoms with Crippen molar-refractivity contribution in [2.75, 3.05) is 19.7 Å². The zero-order valence-corrected chi connectivity index (χ0v) is 20.2. The molecule has 3 nitrogen and oxygen atoms in total. The van der Waals surface area contributed by atoms with Crippen LogP contribution in [0, 0.1) is 0 Å². The lowest BCUT2D eigenvalue weighted by Gasteiger charge is -2.38. The molecule has 1 N–H and O–H groups in total. The molecule has 0 saturated carbocycles. The molecule has 3 aromatic rings. The Labute approximate surface area is 205 Å². The number of benzene rings is 3. The van der Waals surface area contributed by atoms with Gasteiger partial charge in [-0.1, -0.05) is 42.5 Å². The maximum absolute atomic E-state index is 13.7. The Morgan fingerprint density at radius 2 is 1.57 bits per heavy atom. The van der Waals surface area contributed by atoms with Crippen LogP contribution in [0.25, 0.3) is 11.1 Å². The molecular formula is C29H32F3NO2. The standard InChI is InChI=1S/C29H32F3NO2/c1-21(2)35-27-10-8-23(9-11-27)24-16-22(17-26(18-24)29(30,31)32)19-34-20-28(12-14-33-15-13-28)25-6-4-3-5-7-25/h3-11,16-18,21,33H,12-15,19-20H2,1-2H3. The molecule has 1 aliphatic rings. The highest BCUT2D eigenvalue weighted by Crippen LogP contribution is 2.36. The first-order valence-electron chi connectivity index (χ1n) is 12.1. The first-order valence-corrected chi connectivity index (χ1v) is 12.1. The van der Waals surface area contributed by atoms with Gasteiger partial charge in [0.05, 0.1) is 24.9 Å². The van der Waals surface area contributed by atoms with Gasteiger partial charge in [-0.3, -0.25) is 0 Å². The van der Waals surface area contributed by atoms with E-state index in [1.165, 1.54) is 17.7 Å². The smallest absolute Gasteiger partial charge is 0.416 e. The van der Waals surface area contributed by atoms with Crippen LogP contribution in [0.5, 0.6) is 5.75 Å². The SMILES string of the molecule is CC(C)Oc1ccc(-c2cc(COCC3(c4ccccc4)CCNCC3)cc(C(F)(F)F)c2)cc1. The van der Waals surface area contributed by atoms with Crippen LogP contribution in [0.3, 0.4) is 0 Å². The molecule has 186 valence electrons. The summed E-state index contributed by atoms with van der Waals surface area (Å²) in [6, 6.07) is 21.6. The van der Waals surface area contributed by atoms with Gasteiger partial charge in [0, 0.05) is 5.41 Å². The maximum atomic E-state index is 13.7. The molecule has 1 heterocycles. The average molecular weight is 484 g/mol. The van der Waals surface area contributed by atoms with Crippen molar-refractivity contribution in [1.82, 2.24) is 5.32 Å². The first-order chi connectivity index (χ1) is 16.7. The quantitative estimate of drug-likeness (QED) is 0.374. The summed E-state index contributed by atoms with van der Waals surface area (Å²) in [4.78, 5) is 0. The monoisotopic (exact) mass is 483 g/mol. The Kier molecular flexibility index (Phi) is 7.82. The third-order valence-electron chi connectivity index (χ3n) is 6.47. The zero-order chi connectivity index (χ0) is 24.9. The van der Waals surface area contributed by atoms with Gasteiger partial charge in [0.2, 0.25) is 0 Å². The molecule has 4 rings (SSSR count). The molecule has 6 heteroatoms. The highest BCUT2D eigenvalue weighted by Gasteiger charge is 2.34. The minimum absolute atomic E-state index is 0.0253. The van der Waals surface area contributed by atoms with Crippen LogP contribution >= 0.6 is 0 Å². The molecule has 0 radical (unpaired) electrons. The van der Waals surface area contributed by atoms with Crippen molar-refractivity contribution >= 4 is 0 Å². The lowest BCUT2D eigenvalue weighted by molar-refractivity contribution is -0.137.